The average Bonchev–Trinajstić information content (AvgIpc) is 2.72. The molecular weight excluding hydrogens is 244 g/mol. The van der Waals surface area contributed by atoms with E-state index in [1.54, 1.807) is 5.57 Å². The smallest absolute Gasteiger partial charge is 0.0548 e. The summed E-state index contributed by atoms with van der Waals surface area (Å²) in [6.07, 6.45) is 14.5. The van der Waals surface area contributed by atoms with E-state index in [1.165, 1.54) is 44.9 Å². The van der Waals surface area contributed by atoms with Crippen LogP contribution >= 0.6 is 0 Å². The largest absolute Gasteiger partial charge is 0.393 e. The lowest BCUT2D eigenvalue weighted by atomic mass is 9.48. The van der Waals surface area contributed by atoms with Gasteiger partial charge in [-0.05, 0) is 80.0 Å². The maximum Gasteiger partial charge on any atom is 0.0548 e. The van der Waals surface area contributed by atoms with Crippen molar-refractivity contribution in [2.75, 3.05) is 0 Å². The van der Waals surface area contributed by atoms with Crippen LogP contribution in [0.2, 0.25) is 0 Å². The minimum absolute atomic E-state index is 0.0201. The molecule has 4 aliphatic rings. The minimum Gasteiger partial charge on any atom is -0.393 e. The van der Waals surface area contributed by atoms with Crippen LogP contribution in [0.25, 0.3) is 0 Å². The lowest BCUT2D eigenvalue weighted by Crippen LogP contribution is -2.48. The molecule has 112 valence electrons. The molecule has 20 heavy (non-hydrogen) atoms. The summed E-state index contributed by atoms with van der Waals surface area (Å²) in [5.41, 5.74) is 2.75. The molecule has 3 fully saturated rings. The molecule has 0 unspecified atom stereocenters. The third-order valence-corrected chi connectivity index (χ3v) is 7.76. The van der Waals surface area contributed by atoms with Crippen LogP contribution in [0.3, 0.4) is 0 Å². The topological polar surface area (TPSA) is 20.2 Å². The van der Waals surface area contributed by atoms with Crippen molar-refractivity contribution in [1.29, 1.82) is 0 Å². The van der Waals surface area contributed by atoms with Gasteiger partial charge in [0.25, 0.3) is 0 Å². The Morgan fingerprint density at radius 1 is 1.15 bits per heavy atom. The summed E-state index contributed by atoms with van der Waals surface area (Å²) >= 11 is 0. The Hall–Kier alpha value is -0.300. The minimum atomic E-state index is -0.0201. The molecule has 0 heterocycles. The lowest BCUT2D eigenvalue weighted by Gasteiger charge is -2.56. The van der Waals surface area contributed by atoms with E-state index in [-0.39, 0.29) is 6.10 Å². The van der Waals surface area contributed by atoms with Crippen molar-refractivity contribution in [1.82, 2.24) is 0 Å². The molecular formula is C19H30O. The van der Waals surface area contributed by atoms with E-state index in [4.69, 9.17) is 0 Å². The number of aliphatic hydroxyl groups excluding tert-OH is 1. The first kappa shape index (κ1) is 13.4. The first-order chi connectivity index (χ1) is 9.53. The van der Waals surface area contributed by atoms with Crippen LogP contribution in [-0.4, -0.2) is 11.2 Å². The molecule has 0 saturated heterocycles. The van der Waals surface area contributed by atoms with Crippen molar-refractivity contribution < 1.29 is 5.11 Å². The molecule has 4 rings (SSSR count). The van der Waals surface area contributed by atoms with Gasteiger partial charge in [-0.2, -0.15) is 0 Å². The molecule has 3 saturated carbocycles. The van der Waals surface area contributed by atoms with E-state index in [9.17, 15) is 5.11 Å². The van der Waals surface area contributed by atoms with Crippen molar-refractivity contribution >= 4 is 0 Å². The summed E-state index contributed by atoms with van der Waals surface area (Å²) in [7, 11) is 0. The van der Waals surface area contributed by atoms with Gasteiger partial charge in [0.2, 0.25) is 0 Å². The second-order valence-corrected chi connectivity index (χ2v) is 8.75. The summed E-state index contributed by atoms with van der Waals surface area (Å²) in [5.74, 6) is 2.55. The van der Waals surface area contributed by atoms with E-state index in [0.717, 1.165) is 30.6 Å². The highest BCUT2D eigenvalue weighted by atomic mass is 16.3. The molecule has 0 radical (unpaired) electrons. The number of allylic oxidation sites excluding steroid dienone is 2. The maximum absolute atomic E-state index is 10.2. The van der Waals surface area contributed by atoms with Gasteiger partial charge in [0, 0.05) is 0 Å². The van der Waals surface area contributed by atoms with Gasteiger partial charge in [-0.1, -0.05) is 31.9 Å². The summed E-state index contributed by atoms with van der Waals surface area (Å²) < 4.78 is 0. The molecule has 0 aromatic heterocycles. The Balaban J connectivity index is 1.69. The van der Waals surface area contributed by atoms with E-state index in [1.807, 2.05) is 0 Å². The monoisotopic (exact) mass is 274 g/mol. The Bertz CT molecular complexity index is 439. The van der Waals surface area contributed by atoms with Gasteiger partial charge in [-0.25, -0.2) is 0 Å². The zero-order valence-electron chi connectivity index (χ0n) is 13.2. The van der Waals surface area contributed by atoms with Crippen molar-refractivity contribution in [2.45, 2.75) is 77.7 Å². The third kappa shape index (κ3) is 1.71. The van der Waals surface area contributed by atoms with Crippen LogP contribution in [-0.2, 0) is 0 Å². The van der Waals surface area contributed by atoms with Crippen molar-refractivity contribution in [3.63, 3.8) is 0 Å². The number of hydrogen-bond donors (Lipinski definition) is 1. The SMILES string of the molecule is C[C@]12CC[C@H]3[C@@H](CC=C4CCCC[C@@]43C)[C@@H]1C[C@H](O)C2. The molecule has 0 aromatic rings. The van der Waals surface area contributed by atoms with Gasteiger partial charge in [0.05, 0.1) is 6.10 Å². The number of fused-ring (bicyclic) bond motifs is 5. The molecule has 6 atom stereocenters. The summed E-state index contributed by atoms with van der Waals surface area (Å²) in [6, 6.07) is 0. The number of rotatable bonds is 0. The molecule has 0 spiro atoms. The highest BCUT2D eigenvalue weighted by Crippen LogP contribution is 2.64. The first-order valence-corrected chi connectivity index (χ1v) is 8.90. The summed E-state index contributed by atoms with van der Waals surface area (Å²) in [6.45, 7) is 5.04. The van der Waals surface area contributed by atoms with Crippen molar-refractivity contribution in [2.24, 2.45) is 28.6 Å². The van der Waals surface area contributed by atoms with Crippen LogP contribution in [0.4, 0.5) is 0 Å². The Morgan fingerprint density at radius 2 is 2.00 bits per heavy atom. The van der Waals surface area contributed by atoms with E-state index < -0.39 is 0 Å². The second-order valence-electron chi connectivity index (χ2n) is 8.75. The fourth-order valence-electron chi connectivity index (χ4n) is 6.72. The first-order valence-electron chi connectivity index (χ1n) is 8.90. The normalized spacial score (nSPS) is 54.6. The summed E-state index contributed by atoms with van der Waals surface area (Å²) in [4.78, 5) is 0. The van der Waals surface area contributed by atoms with E-state index in [0.29, 0.717) is 10.8 Å². The quantitative estimate of drug-likeness (QED) is 0.635. The Kier molecular flexibility index (Phi) is 2.91. The Morgan fingerprint density at radius 3 is 2.85 bits per heavy atom. The van der Waals surface area contributed by atoms with Gasteiger partial charge in [-0.15, -0.1) is 0 Å². The highest BCUT2D eigenvalue weighted by molar-refractivity contribution is 5.24. The van der Waals surface area contributed by atoms with Crippen LogP contribution in [0.1, 0.15) is 71.6 Å². The zero-order valence-corrected chi connectivity index (χ0v) is 13.2. The zero-order chi connectivity index (χ0) is 14.0. The van der Waals surface area contributed by atoms with Crippen LogP contribution in [0.15, 0.2) is 11.6 Å². The molecule has 1 heteroatoms. The van der Waals surface area contributed by atoms with Gasteiger partial charge >= 0.3 is 0 Å². The Labute approximate surface area is 123 Å². The standard InChI is InChI=1S/C19H30O/c1-18-10-8-16-15(17(18)11-14(20)12-18)7-6-13-5-3-4-9-19(13,16)2/h6,14-17,20H,3-5,7-12H2,1-2H3/t14-,15+,16-,17-,18+,19-/m0/s1. The van der Waals surface area contributed by atoms with E-state index in [2.05, 4.69) is 19.9 Å². The number of aliphatic hydroxyl groups is 1. The lowest BCUT2D eigenvalue weighted by molar-refractivity contribution is -0.0248. The molecule has 0 bridgehead atoms. The van der Waals surface area contributed by atoms with Crippen LogP contribution < -0.4 is 0 Å². The molecule has 1 N–H and O–H groups in total. The fourth-order valence-corrected chi connectivity index (χ4v) is 6.72. The summed E-state index contributed by atoms with van der Waals surface area (Å²) in [5, 5.41) is 10.2. The fraction of sp³-hybridized carbons (Fsp3) is 0.895. The van der Waals surface area contributed by atoms with Crippen LogP contribution in [0, 0.1) is 28.6 Å². The third-order valence-electron chi connectivity index (χ3n) is 7.76. The van der Waals surface area contributed by atoms with Gasteiger partial charge in [-0.3, -0.25) is 0 Å². The van der Waals surface area contributed by atoms with Crippen molar-refractivity contribution in [3.05, 3.63) is 11.6 Å². The van der Waals surface area contributed by atoms with E-state index >= 15 is 0 Å². The molecule has 4 aliphatic carbocycles. The average molecular weight is 274 g/mol. The number of hydrogen-bond acceptors (Lipinski definition) is 1. The maximum atomic E-state index is 10.2. The molecule has 0 amide bonds. The van der Waals surface area contributed by atoms with Gasteiger partial charge < -0.3 is 5.11 Å². The second kappa shape index (κ2) is 4.35. The van der Waals surface area contributed by atoms with Crippen LogP contribution in [0.5, 0.6) is 0 Å². The molecule has 0 aromatic carbocycles. The van der Waals surface area contributed by atoms with Gasteiger partial charge in [0.15, 0.2) is 0 Å². The van der Waals surface area contributed by atoms with Crippen molar-refractivity contribution in [3.8, 4) is 0 Å². The predicted molar refractivity (Wildman–Crippen MR) is 82.3 cm³/mol. The molecule has 0 aliphatic heterocycles. The highest BCUT2D eigenvalue weighted by Gasteiger charge is 2.56. The van der Waals surface area contributed by atoms with Gasteiger partial charge in [0.1, 0.15) is 0 Å². The molecule has 1 nitrogen and oxygen atoms in total. The predicted octanol–water partition coefficient (Wildman–Crippen LogP) is 4.70.